The van der Waals surface area contributed by atoms with Crippen LogP contribution in [-0.2, 0) is 42.9 Å². The molecular weight excluding hydrogens is 730 g/mol. The lowest BCUT2D eigenvalue weighted by Gasteiger charge is -2.64. The highest BCUT2D eigenvalue weighted by Crippen LogP contribution is 2.78. The molecule has 0 radical (unpaired) electrons. The number of carbonyl (C=O) groups is 4. The lowest BCUT2D eigenvalue weighted by Crippen LogP contribution is -2.78. The van der Waals surface area contributed by atoms with E-state index in [9.17, 15) is 44.7 Å². The predicted molar refractivity (Wildman–Crippen MR) is 195 cm³/mol. The summed E-state index contributed by atoms with van der Waals surface area (Å²) in [6, 6.07) is -0.309. The van der Waals surface area contributed by atoms with Gasteiger partial charge in [0.1, 0.15) is 17.8 Å². The van der Waals surface area contributed by atoms with Gasteiger partial charge in [-0.25, -0.2) is 4.79 Å². The molecule has 0 amide bonds. The summed E-state index contributed by atoms with van der Waals surface area (Å²) >= 11 is 0. The number of carbonyl (C=O) groups excluding carboxylic acids is 4. The Labute approximate surface area is 328 Å². The number of hydrogen-bond acceptors (Lipinski definition) is 15. The standard InChI is InChI=1S/C41H63NO14/c1-10-20(4)34(46)55-33-28(45)27-23(18-42-17-19(3)12-13-25(42)38(27,9)49)24-16-39-32(40(24,33)50)30(53-22(6)44)29(52-21(5)43)31-36(39,7)15-14-26(41(31,51)56-39)54-35(47)37(8,48)11-2/h19-20,23-33,45,48-51H,10-18H2,1-9H3/t19?,20?,23?,24?,25?,26?,27?,28-,29?,30-,31?,32?,33+,36+,37?,38-,39-,40+,41-/m1/s1. The predicted octanol–water partition coefficient (Wildman–Crippen LogP) is 1.61. The maximum Gasteiger partial charge on any atom is 0.338 e. The third kappa shape index (κ3) is 5.60. The van der Waals surface area contributed by atoms with Crippen LogP contribution in [0.3, 0.4) is 0 Å². The zero-order valence-electron chi connectivity index (χ0n) is 34.2. The first-order valence-electron chi connectivity index (χ1n) is 20.7. The smallest absolute Gasteiger partial charge is 0.338 e. The van der Waals surface area contributed by atoms with Crippen LogP contribution in [0.5, 0.6) is 0 Å². The van der Waals surface area contributed by atoms with E-state index in [1.165, 1.54) is 20.8 Å². The molecule has 1 spiro atoms. The van der Waals surface area contributed by atoms with Crippen molar-refractivity contribution in [2.75, 3.05) is 13.1 Å². The average Bonchev–Trinajstić information content (AvgIpc) is 3.40. The van der Waals surface area contributed by atoms with Gasteiger partial charge in [0.25, 0.3) is 0 Å². The van der Waals surface area contributed by atoms with Crippen molar-refractivity contribution in [1.29, 1.82) is 0 Å². The Morgan fingerprint density at radius 2 is 1.55 bits per heavy atom. The van der Waals surface area contributed by atoms with Crippen molar-refractivity contribution in [3.05, 3.63) is 0 Å². The fourth-order valence-electron chi connectivity index (χ4n) is 13.1. The molecular formula is C41H63NO14. The second-order valence-electron chi connectivity index (χ2n) is 19.2. The summed E-state index contributed by atoms with van der Waals surface area (Å²) in [5.41, 5.74) is -8.37. The van der Waals surface area contributed by atoms with Crippen molar-refractivity contribution in [2.24, 2.45) is 46.8 Å². The fourth-order valence-corrected chi connectivity index (χ4v) is 13.1. The summed E-state index contributed by atoms with van der Waals surface area (Å²) in [5.74, 6) is -10.8. The van der Waals surface area contributed by atoms with Gasteiger partial charge in [0.15, 0.2) is 17.8 Å². The first kappa shape index (κ1) is 41.7. The summed E-state index contributed by atoms with van der Waals surface area (Å²) in [4.78, 5) is 55.6. The van der Waals surface area contributed by atoms with E-state index < -0.39 is 124 Å². The first-order chi connectivity index (χ1) is 26.0. The van der Waals surface area contributed by atoms with Crippen LogP contribution in [0.2, 0.25) is 0 Å². The molecule has 15 nitrogen and oxygen atoms in total. The van der Waals surface area contributed by atoms with Gasteiger partial charge < -0.3 is 49.2 Å². The molecule has 3 saturated heterocycles. The Balaban J connectivity index is 1.45. The molecule has 0 aromatic carbocycles. The third-order valence-corrected chi connectivity index (χ3v) is 16.0. The van der Waals surface area contributed by atoms with E-state index in [1.807, 2.05) is 13.8 Å². The minimum atomic E-state index is -2.38. The molecule has 4 aliphatic carbocycles. The topological polar surface area (TPSA) is 219 Å². The normalized spacial score (nSPS) is 50.5. The molecule has 4 bridgehead atoms. The molecule has 56 heavy (non-hydrogen) atoms. The van der Waals surface area contributed by atoms with Crippen LogP contribution in [0.15, 0.2) is 0 Å². The number of hydrogen-bond donors (Lipinski definition) is 5. The van der Waals surface area contributed by atoms with Gasteiger partial charge in [0.2, 0.25) is 5.79 Å². The van der Waals surface area contributed by atoms with Gasteiger partial charge in [0.05, 0.1) is 35.1 Å². The summed E-state index contributed by atoms with van der Waals surface area (Å²) in [6.07, 6.45) is -5.31. The van der Waals surface area contributed by atoms with E-state index in [0.29, 0.717) is 31.8 Å². The van der Waals surface area contributed by atoms with E-state index in [-0.39, 0.29) is 31.7 Å². The number of nitrogens with zero attached hydrogens (tertiary/aromatic N) is 1. The van der Waals surface area contributed by atoms with Gasteiger partial charge in [-0.2, -0.15) is 0 Å². The Morgan fingerprint density at radius 3 is 2.14 bits per heavy atom. The van der Waals surface area contributed by atoms with E-state index in [2.05, 4.69) is 11.8 Å². The highest BCUT2D eigenvalue weighted by molar-refractivity contribution is 5.79. The second-order valence-corrected chi connectivity index (χ2v) is 19.2. The van der Waals surface area contributed by atoms with Crippen LogP contribution < -0.4 is 0 Å². The molecule has 316 valence electrons. The van der Waals surface area contributed by atoms with Gasteiger partial charge in [-0.3, -0.25) is 19.3 Å². The van der Waals surface area contributed by atoms with Crippen LogP contribution >= 0.6 is 0 Å². The van der Waals surface area contributed by atoms with Crippen molar-refractivity contribution in [3.8, 4) is 0 Å². The molecule has 7 aliphatic rings. The monoisotopic (exact) mass is 793 g/mol. The number of esters is 4. The minimum absolute atomic E-state index is 0.0107. The van der Waals surface area contributed by atoms with Crippen LogP contribution in [0.1, 0.15) is 107 Å². The summed E-state index contributed by atoms with van der Waals surface area (Å²) in [7, 11) is 0. The van der Waals surface area contributed by atoms with Crippen molar-refractivity contribution in [1.82, 2.24) is 4.90 Å². The SMILES string of the molecule is CCC(C)C(=O)O[C@H]1[C@H](O)C2C(CN3CC(C)CCC3[C@@]2(C)O)C2C[C@]34O[C@]5(O)C(OC(=O)C(C)(O)CC)CC[C@@]3(C)C5C(OC(C)=O)[C@@H](OC(C)=O)C4[C@@]21O. The summed E-state index contributed by atoms with van der Waals surface area (Å²) in [6.45, 7) is 15.5. The Morgan fingerprint density at radius 1 is 0.929 bits per heavy atom. The number of piperidine rings is 2. The van der Waals surface area contributed by atoms with Gasteiger partial charge >= 0.3 is 23.9 Å². The van der Waals surface area contributed by atoms with Crippen molar-refractivity contribution in [3.63, 3.8) is 0 Å². The first-order valence-corrected chi connectivity index (χ1v) is 20.7. The zero-order valence-corrected chi connectivity index (χ0v) is 34.2. The molecule has 3 aliphatic heterocycles. The number of aliphatic hydroxyl groups is 5. The van der Waals surface area contributed by atoms with Gasteiger partial charge in [-0.1, -0.05) is 34.6 Å². The second kappa shape index (κ2) is 13.6. The van der Waals surface area contributed by atoms with E-state index in [0.717, 1.165) is 6.42 Å². The van der Waals surface area contributed by atoms with Gasteiger partial charge in [-0.05, 0) is 76.5 Å². The molecule has 5 N–H and O–H groups in total. The average molecular weight is 794 g/mol. The molecule has 0 aromatic rings. The number of fused-ring (bicyclic) bond motifs is 5. The fraction of sp³-hybridized carbons (Fsp3) is 0.902. The molecule has 7 fully saturated rings. The largest absolute Gasteiger partial charge is 0.458 e. The lowest BCUT2D eigenvalue weighted by molar-refractivity contribution is -0.301. The summed E-state index contributed by atoms with van der Waals surface area (Å²) in [5, 5.41) is 62.9. The van der Waals surface area contributed by atoms with Crippen LogP contribution in [0, 0.1) is 46.8 Å². The van der Waals surface area contributed by atoms with E-state index in [1.54, 1.807) is 20.8 Å². The number of ether oxygens (including phenoxy) is 5. The molecule has 3 heterocycles. The zero-order chi connectivity index (χ0) is 41.3. The molecule has 11 unspecified atom stereocenters. The third-order valence-electron chi connectivity index (χ3n) is 16.0. The molecule has 19 atom stereocenters. The van der Waals surface area contributed by atoms with Crippen LogP contribution in [-0.4, -0.2) is 132 Å². The van der Waals surface area contributed by atoms with Gasteiger partial charge in [-0.15, -0.1) is 0 Å². The molecule has 7 rings (SSSR count). The highest BCUT2D eigenvalue weighted by atomic mass is 16.7. The van der Waals surface area contributed by atoms with Crippen LogP contribution in [0.4, 0.5) is 0 Å². The molecule has 15 heteroatoms. The minimum Gasteiger partial charge on any atom is -0.458 e. The van der Waals surface area contributed by atoms with Gasteiger partial charge in [0, 0.05) is 44.3 Å². The molecule has 0 aromatic heterocycles. The van der Waals surface area contributed by atoms with Crippen molar-refractivity contribution >= 4 is 23.9 Å². The van der Waals surface area contributed by atoms with E-state index in [4.69, 9.17) is 23.7 Å². The van der Waals surface area contributed by atoms with Crippen molar-refractivity contribution < 1.29 is 68.4 Å². The Kier molecular flexibility index (Phi) is 10.1. The summed E-state index contributed by atoms with van der Waals surface area (Å²) < 4.78 is 31.3. The molecule has 4 saturated carbocycles. The Hall–Kier alpha value is -2.40. The number of aliphatic hydroxyl groups excluding tert-OH is 1. The van der Waals surface area contributed by atoms with Crippen LogP contribution in [0.25, 0.3) is 0 Å². The van der Waals surface area contributed by atoms with E-state index >= 15 is 0 Å². The highest BCUT2D eigenvalue weighted by Gasteiger charge is 2.90. The quantitative estimate of drug-likeness (QED) is 0.174. The Bertz CT molecular complexity index is 1620. The lowest BCUT2D eigenvalue weighted by atomic mass is 9.48. The maximum atomic E-state index is 13.9. The maximum absolute atomic E-state index is 13.9. The number of rotatable bonds is 8. The van der Waals surface area contributed by atoms with Crippen molar-refractivity contribution in [2.45, 2.75) is 172 Å².